The van der Waals surface area contributed by atoms with Gasteiger partial charge in [0.2, 0.25) is 0 Å². The Morgan fingerprint density at radius 3 is 2.61 bits per heavy atom. The highest BCUT2D eigenvalue weighted by Crippen LogP contribution is 2.31. The number of para-hydroxylation sites is 1. The molecular formula is C14H20N2O2. The number of β-amino-alcohol motifs (C(OH)–C–C–N with tert-alkyl or cyclic N) is 1. The molecule has 1 aliphatic heterocycles. The van der Waals surface area contributed by atoms with E-state index in [4.69, 9.17) is 5.73 Å². The van der Waals surface area contributed by atoms with Crippen molar-refractivity contribution in [2.24, 2.45) is 5.92 Å². The van der Waals surface area contributed by atoms with Crippen molar-refractivity contribution in [2.45, 2.75) is 26.4 Å². The van der Waals surface area contributed by atoms with Gasteiger partial charge in [-0.05, 0) is 24.5 Å². The first kappa shape index (κ1) is 12.9. The number of aryl methyl sites for hydroxylation is 1. The van der Waals surface area contributed by atoms with Crippen molar-refractivity contribution in [3.05, 3.63) is 29.3 Å². The normalized spacial score (nSPS) is 17.7. The van der Waals surface area contributed by atoms with E-state index in [1.807, 2.05) is 32.9 Å². The minimum Gasteiger partial charge on any atom is -0.398 e. The molecule has 3 N–H and O–H groups in total. The third-order valence-corrected chi connectivity index (χ3v) is 3.85. The summed E-state index contributed by atoms with van der Waals surface area (Å²) in [4.78, 5) is 13.9. The van der Waals surface area contributed by atoms with E-state index in [0.29, 0.717) is 24.3 Å². The number of carbonyl (C=O) groups is 1. The topological polar surface area (TPSA) is 66.6 Å². The molecule has 1 saturated heterocycles. The third-order valence-electron chi connectivity index (χ3n) is 3.85. The van der Waals surface area contributed by atoms with Gasteiger partial charge in [0.1, 0.15) is 5.60 Å². The van der Waals surface area contributed by atoms with Gasteiger partial charge in [0.05, 0.1) is 18.7 Å². The average Bonchev–Trinajstić information content (AvgIpc) is 2.27. The molecule has 1 amide bonds. The van der Waals surface area contributed by atoms with Crippen molar-refractivity contribution in [1.29, 1.82) is 0 Å². The van der Waals surface area contributed by atoms with E-state index in [1.165, 1.54) is 0 Å². The number of aliphatic hydroxyl groups is 1. The lowest BCUT2D eigenvalue weighted by atomic mass is 9.82. The summed E-state index contributed by atoms with van der Waals surface area (Å²) >= 11 is 0. The minimum absolute atomic E-state index is 0.0958. The molecule has 1 heterocycles. The first-order chi connectivity index (χ1) is 8.35. The highest BCUT2D eigenvalue weighted by atomic mass is 16.3. The number of carbonyl (C=O) groups excluding carboxylic acids is 1. The maximum atomic E-state index is 12.2. The zero-order valence-electron chi connectivity index (χ0n) is 11.1. The van der Waals surface area contributed by atoms with Crippen LogP contribution in [-0.4, -0.2) is 34.6 Å². The number of likely N-dealkylation sites (tertiary alicyclic amines) is 1. The molecule has 0 aliphatic carbocycles. The molecule has 98 valence electrons. The first-order valence-corrected chi connectivity index (χ1v) is 6.22. The molecule has 0 unspecified atom stereocenters. The van der Waals surface area contributed by atoms with E-state index in [9.17, 15) is 9.90 Å². The van der Waals surface area contributed by atoms with Crippen molar-refractivity contribution in [3.8, 4) is 0 Å². The van der Waals surface area contributed by atoms with Crippen LogP contribution in [-0.2, 0) is 0 Å². The van der Waals surface area contributed by atoms with E-state index in [1.54, 1.807) is 11.0 Å². The molecule has 0 saturated carbocycles. The molecular weight excluding hydrogens is 228 g/mol. The Morgan fingerprint density at radius 1 is 1.44 bits per heavy atom. The highest BCUT2D eigenvalue weighted by Gasteiger charge is 2.46. The van der Waals surface area contributed by atoms with E-state index in [2.05, 4.69) is 0 Å². The maximum Gasteiger partial charge on any atom is 0.256 e. The van der Waals surface area contributed by atoms with Gasteiger partial charge in [0.25, 0.3) is 5.91 Å². The van der Waals surface area contributed by atoms with Crippen LogP contribution in [0.3, 0.4) is 0 Å². The van der Waals surface area contributed by atoms with E-state index in [-0.39, 0.29) is 11.8 Å². The zero-order valence-corrected chi connectivity index (χ0v) is 11.1. The monoisotopic (exact) mass is 248 g/mol. The number of benzene rings is 1. The Hall–Kier alpha value is -1.55. The van der Waals surface area contributed by atoms with Gasteiger partial charge >= 0.3 is 0 Å². The predicted molar refractivity (Wildman–Crippen MR) is 71.3 cm³/mol. The van der Waals surface area contributed by atoms with E-state index in [0.717, 1.165) is 5.56 Å². The average molecular weight is 248 g/mol. The smallest absolute Gasteiger partial charge is 0.256 e. The third kappa shape index (κ3) is 1.97. The summed E-state index contributed by atoms with van der Waals surface area (Å²) < 4.78 is 0. The molecule has 0 bridgehead atoms. The van der Waals surface area contributed by atoms with E-state index >= 15 is 0 Å². The van der Waals surface area contributed by atoms with Gasteiger partial charge in [0.15, 0.2) is 0 Å². The second-order valence-electron chi connectivity index (χ2n) is 5.46. The molecule has 0 atom stereocenters. The minimum atomic E-state index is -0.742. The van der Waals surface area contributed by atoms with Gasteiger partial charge in [-0.2, -0.15) is 0 Å². The molecule has 1 fully saturated rings. The van der Waals surface area contributed by atoms with Gasteiger partial charge in [-0.1, -0.05) is 26.0 Å². The second kappa shape index (κ2) is 4.28. The number of nitrogens with zero attached hydrogens (tertiary/aromatic N) is 1. The Morgan fingerprint density at radius 2 is 2.06 bits per heavy atom. The van der Waals surface area contributed by atoms with Crippen molar-refractivity contribution in [3.63, 3.8) is 0 Å². The van der Waals surface area contributed by atoms with Crippen LogP contribution < -0.4 is 5.73 Å². The fraction of sp³-hybridized carbons (Fsp3) is 0.500. The first-order valence-electron chi connectivity index (χ1n) is 6.22. The van der Waals surface area contributed by atoms with Crippen molar-refractivity contribution >= 4 is 11.6 Å². The number of rotatable bonds is 2. The van der Waals surface area contributed by atoms with Crippen LogP contribution in [0.4, 0.5) is 5.69 Å². The van der Waals surface area contributed by atoms with Crippen LogP contribution in [0.15, 0.2) is 18.2 Å². The van der Waals surface area contributed by atoms with Gasteiger partial charge in [-0.3, -0.25) is 4.79 Å². The molecule has 1 aromatic carbocycles. The van der Waals surface area contributed by atoms with Crippen molar-refractivity contribution in [1.82, 2.24) is 4.90 Å². The SMILES string of the molecule is Cc1cccc(C(=O)N2CC(O)(C(C)C)C2)c1N. The number of nitrogens with two attached hydrogens (primary N) is 1. The van der Waals surface area contributed by atoms with Gasteiger partial charge in [-0.25, -0.2) is 0 Å². The number of nitrogen functional groups attached to an aromatic ring is 1. The molecule has 0 radical (unpaired) electrons. The lowest BCUT2D eigenvalue weighted by Gasteiger charge is -2.49. The molecule has 1 aromatic rings. The lowest BCUT2D eigenvalue weighted by Crippen LogP contribution is -2.66. The van der Waals surface area contributed by atoms with Crippen LogP contribution in [0.5, 0.6) is 0 Å². The van der Waals surface area contributed by atoms with Crippen LogP contribution >= 0.6 is 0 Å². The maximum absolute atomic E-state index is 12.2. The van der Waals surface area contributed by atoms with Crippen LogP contribution in [0.1, 0.15) is 29.8 Å². The summed E-state index contributed by atoms with van der Waals surface area (Å²) in [5, 5.41) is 10.2. The molecule has 1 aliphatic rings. The Balaban J connectivity index is 2.13. The van der Waals surface area contributed by atoms with E-state index < -0.39 is 5.60 Å². The van der Waals surface area contributed by atoms with Gasteiger partial charge in [0, 0.05) is 5.69 Å². The summed E-state index contributed by atoms with van der Waals surface area (Å²) in [5.74, 6) is 0.0536. The van der Waals surface area contributed by atoms with Gasteiger partial charge in [-0.15, -0.1) is 0 Å². The predicted octanol–water partition coefficient (Wildman–Crippen LogP) is 1.42. The fourth-order valence-electron chi connectivity index (χ4n) is 2.16. The lowest BCUT2D eigenvalue weighted by molar-refractivity contribution is -0.110. The molecule has 4 heteroatoms. The number of hydrogen-bond donors (Lipinski definition) is 2. The summed E-state index contributed by atoms with van der Waals surface area (Å²) in [6, 6.07) is 5.44. The van der Waals surface area contributed by atoms with Crippen LogP contribution in [0.25, 0.3) is 0 Å². The molecule has 2 rings (SSSR count). The fourth-order valence-corrected chi connectivity index (χ4v) is 2.16. The summed E-state index contributed by atoms with van der Waals surface area (Å²) in [6.45, 7) is 6.58. The van der Waals surface area contributed by atoms with Crippen molar-refractivity contribution in [2.75, 3.05) is 18.8 Å². The van der Waals surface area contributed by atoms with Crippen LogP contribution in [0, 0.1) is 12.8 Å². The molecule has 0 spiro atoms. The highest BCUT2D eigenvalue weighted by molar-refractivity contribution is 6.00. The standard InChI is InChI=1S/C14H20N2O2/c1-9(2)14(18)7-16(8-14)13(17)11-6-4-5-10(3)12(11)15/h4-6,9,18H,7-8,15H2,1-3H3. The quantitative estimate of drug-likeness (QED) is 0.778. The Labute approximate surface area is 107 Å². The Bertz CT molecular complexity index is 477. The second-order valence-corrected chi connectivity index (χ2v) is 5.46. The summed E-state index contributed by atoms with van der Waals surface area (Å²) in [5.41, 5.74) is 7.14. The molecule has 4 nitrogen and oxygen atoms in total. The zero-order chi connectivity index (χ0) is 13.5. The van der Waals surface area contributed by atoms with Crippen LogP contribution in [0.2, 0.25) is 0 Å². The summed E-state index contributed by atoms with van der Waals surface area (Å²) in [7, 11) is 0. The molecule has 18 heavy (non-hydrogen) atoms. The number of hydrogen-bond acceptors (Lipinski definition) is 3. The Kier molecular flexibility index (Phi) is 3.07. The summed E-state index contributed by atoms with van der Waals surface area (Å²) in [6.07, 6.45) is 0. The largest absolute Gasteiger partial charge is 0.398 e. The number of amides is 1. The van der Waals surface area contributed by atoms with Gasteiger partial charge < -0.3 is 15.7 Å². The molecule has 0 aromatic heterocycles. The van der Waals surface area contributed by atoms with Crippen molar-refractivity contribution < 1.29 is 9.90 Å². The number of anilines is 1.